The molecule has 0 saturated carbocycles. The molecule has 2 heterocycles. The molecule has 4 rings (SSSR count). The number of nitrogens with two attached hydrogens (primary N) is 1. The van der Waals surface area contributed by atoms with E-state index in [4.69, 9.17) is 26.8 Å². The molecule has 0 aliphatic carbocycles. The van der Waals surface area contributed by atoms with Gasteiger partial charge in [-0.1, -0.05) is 29.8 Å². The number of benzene rings is 2. The fourth-order valence-electron chi connectivity index (χ4n) is 3.28. The standard InChI is InChI=1S/C20H14ClIN4O2/c1-27-15-7-4-11(8-14(15)22)16-13(9-23)19(24)28-20-17(16)18(25-26-20)10-2-5-12(21)6-3-10/h2-8,16H,24H2,1H3,(H,25,26). The van der Waals surface area contributed by atoms with Crippen LogP contribution in [0.4, 0.5) is 0 Å². The second-order valence-corrected chi connectivity index (χ2v) is 7.74. The van der Waals surface area contributed by atoms with Crippen LogP contribution < -0.4 is 15.2 Å². The maximum Gasteiger partial charge on any atom is 0.244 e. The smallest absolute Gasteiger partial charge is 0.244 e. The van der Waals surface area contributed by atoms with E-state index < -0.39 is 5.92 Å². The Bertz CT molecular complexity index is 1130. The molecule has 8 heteroatoms. The van der Waals surface area contributed by atoms with Crippen LogP contribution in [0.5, 0.6) is 11.6 Å². The van der Waals surface area contributed by atoms with E-state index in [1.807, 2.05) is 30.3 Å². The molecular formula is C20H14ClIN4O2. The predicted octanol–water partition coefficient (Wildman–Crippen LogP) is 4.56. The number of nitrogens with zero attached hydrogens (tertiary/aromatic N) is 2. The zero-order valence-corrected chi connectivity index (χ0v) is 17.6. The van der Waals surface area contributed by atoms with E-state index in [2.05, 4.69) is 38.9 Å². The van der Waals surface area contributed by atoms with Gasteiger partial charge in [0, 0.05) is 10.6 Å². The van der Waals surface area contributed by atoms with Crippen LogP contribution >= 0.6 is 34.2 Å². The van der Waals surface area contributed by atoms with Crippen LogP contribution in [0.25, 0.3) is 11.3 Å². The molecule has 0 spiro atoms. The molecule has 3 aromatic rings. The highest BCUT2D eigenvalue weighted by Gasteiger charge is 2.35. The lowest BCUT2D eigenvalue weighted by atomic mass is 9.83. The van der Waals surface area contributed by atoms with Crippen LogP contribution in [0.1, 0.15) is 17.0 Å². The lowest BCUT2D eigenvalue weighted by Crippen LogP contribution is -2.21. The Balaban J connectivity index is 1.93. The van der Waals surface area contributed by atoms with Crippen molar-refractivity contribution in [2.75, 3.05) is 7.11 Å². The highest BCUT2D eigenvalue weighted by Crippen LogP contribution is 2.46. The van der Waals surface area contributed by atoms with Crippen molar-refractivity contribution >= 4 is 34.2 Å². The zero-order valence-electron chi connectivity index (χ0n) is 14.7. The number of hydrogen-bond donors (Lipinski definition) is 2. The van der Waals surface area contributed by atoms with E-state index >= 15 is 0 Å². The number of aromatic nitrogens is 2. The van der Waals surface area contributed by atoms with E-state index in [1.165, 1.54) is 0 Å². The number of H-pyrrole nitrogens is 1. The second-order valence-electron chi connectivity index (χ2n) is 6.14. The van der Waals surface area contributed by atoms with Gasteiger partial charge in [0.15, 0.2) is 0 Å². The van der Waals surface area contributed by atoms with Gasteiger partial charge < -0.3 is 15.2 Å². The highest BCUT2D eigenvalue weighted by atomic mass is 127. The highest BCUT2D eigenvalue weighted by molar-refractivity contribution is 14.1. The van der Waals surface area contributed by atoms with Crippen molar-refractivity contribution in [3.8, 4) is 29.0 Å². The molecule has 0 saturated heterocycles. The third-order valence-corrected chi connectivity index (χ3v) is 5.68. The molecule has 0 fully saturated rings. The number of methoxy groups -OCH3 is 1. The summed E-state index contributed by atoms with van der Waals surface area (Å²) in [4.78, 5) is 0. The van der Waals surface area contributed by atoms with Gasteiger partial charge in [0.2, 0.25) is 11.8 Å². The van der Waals surface area contributed by atoms with E-state index in [-0.39, 0.29) is 5.88 Å². The summed E-state index contributed by atoms with van der Waals surface area (Å²) in [7, 11) is 1.62. The number of fused-ring (bicyclic) bond motifs is 1. The number of hydrogen-bond acceptors (Lipinski definition) is 5. The molecule has 0 bridgehead atoms. The monoisotopic (exact) mass is 504 g/mol. The van der Waals surface area contributed by atoms with Gasteiger partial charge in [0.25, 0.3) is 0 Å². The minimum absolute atomic E-state index is 0.0555. The first-order chi connectivity index (χ1) is 13.5. The van der Waals surface area contributed by atoms with E-state index in [9.17, 15) is 5.26 Å². The van der Waals surface area contributed by atoms with E-state index in [0.717, 1.165) is 31.7 Å². The predicted molar refractivity (Wildman–Crippen MR) is 114 cm³/mol. The molecule has 1 aliphatic rings. The minimum Gasteiger partial charge on any atom is -0.496 e. The Kier molecular flexibility index (Phi) is 4.91. The van der Waals surface area contributed by atoms with Gasteiger partial charge in [-0.3, -0.25) is 5.10 Å². The van der Waals surface area contributed by atoms with Crippen molar-refractivity contribution in [1.29, 1.82) is 5.26 Å². The maximum absolute atomic E-state index is 9.78. The number of halogens is 2. The molecule has 1 aromatic heterocycles. The minimum atomic E-state index is -0.419. The number of allylic oxidation sites excluding steroid dienone is 1. The normalized spacial score (nSPS) is 15.6. The SMILES string of the molecule is COc1ccc(C2C(C#N)=C(N)Oc3n[nH]c(-c4ccc(Cl)cc4)c32)cc1I. The fraction of sp³-hybridized carbons (Fsp3) is 0.100. The summed E-state index contributed by atoms with van der Waals surface area (Å²) in [6.45, 7) is 0. The van der Waals surface area contributed by atoms with Gasteiger partial charge in [0.1, 0.15) is 17.4 Å². The number of rotatable bonds is 3. The number of nitriles is 1. The molecule has 0 radical (unpaired) electrons. The largest absolute Gasteiger partial charge is 0.496 e. The lowest BCUT2D eigenvalue weighted by molar-refractivity contribution is 0.379. The Labute approximate surface area is 180 Å². The number of aromatic amines is 1. The van der Waals surface area contributed by atoms with Gasteiger partial charge >= 0.3 is 0 Å². The lowest BCUT2D eigenvalue weighted by Gasteiger charge is -2.24. The molecule has 3 N–H and O–H groups in total. The van der Waals surface area contributed by atoms with Gasteiger partial charge in [-0.2, -0.15) is 5.26 Å². The van der Waals surface area contributed by atoms with Crippen LogP contribution in [0, 0.1) is 14.9 Å². The second kappa shape index (κ2) is 7.37. The van der Waals surface area contributed by atoms with Crippen LogP contribution in [0.15, 0.2) is 53.9 Å². The van der Waals surface area contributed by atoms with Crippen molar-refractivity contribution in [3.63, 3.8) is 0 Å². The van der Waals surface area contributed by atoms with E-state index in [0.29, 0.717) is 16.5 Å². The van der Waals surface area contributed by atoms with Crippen LogP contribution in [0.2, 0.25) is 5.02 Å². The Morgan fingerprint density at radius 1 is 1.29 bits per heavy atom. The van der Waals surface area contributed by atoms with Crippen molar-refractivity contribution < 1.29 is 9.47 Å². The zero-order chi connectivity index (χ0) is 19.8. The third-order valence-electron chi connectivity index (χ3n) is 4.58. The Morgan fingerprint density at radius 2 is 2.04 bits per heavy atom. The molecule has 1 atom stereocenters. The third kappa shape index (κ3) is 3.08. The van der Waals surface area contributed by atoms with Crippen molar-refractivity contribution in [3.05, 3.63) is 73.6 Å². The van der Waals surface area contributed by atoms with Crippen LogP contribution in [-0.4, -0.2) is 17.3 Å². The average molecular weight is 505 g/mol. The Hall–Kier alpha value is -2.70. The summed E-state index contributed by atoms with van der Waals surface area (Å²) in [5.41, 5.74) is 9.66. The molecule has 1 unspecified atom stereocenters. The summed E-state index contributed by atoms with van der Waals surface area (Å²) >= 11 is 8.23. The van der Waals surface area contributed by atoms with E-state index in [1.54, 1.807) is 19.2 Å². The topological polar surface area (TPSA) is 96.9 Å². The quantitative estimate of drug-likeness (QED) is 0.510. The first kappa shape index (κ1) is 18.7. The van der Waals surface area contributed by atoms with Crippen molar-refractivity contribution in [1.82, 2.24) is 10.2 Å². The summed E-state index contributed by atoms with van der Waals surface area (Å²) < 4.78 is 11.9. The maximum atomic E-state index is 9.78. The summed E-state index contributed by atoms with van der Waals surface area (Å²) in [6.07, 6.45) is 0. The Morgan fingerprint density at radius 3 is 2.68 bits per heavy atom. The van der Waals surface area contributed by atoms with Gasteiger partial charge in [-0.25, -0.2) is 0 Å². The van der Waals surface area contributed by atoms with Gasteiger partial charge in [-0.15, -0.1) is 5.10 Å². The molecule has 6 nitrogen and oxygen atoms in total. The summed E-state index contributed by atoms with van der Waals surface area (Å²) in [6, 6.07) is 15.3. The molecule has 140 valence electrons. The fourth-order valence-corrected chi connectivity index (χ4v) is 4.16. The van der Waals surface area contributed by atoms with Gasteiger partial charge in [0.05, 0.1) is 27.9 Å². The summed E-state index contributed by atoms with van der Waals surface area (Å²) in [5.74, 6) is 0.757. The number of nitrogens with one attached hydrogen (secondary N) is 1. The summed E-state index contributed by atoms with van der Waals surface area (Å²) in [5, 5.41) is 17.7. The molecule has 1 aliphatic heterocycles. The van der Waals surface area contributed by atoms with Crippen molar-refractivity contribution in [2.24, 2.45) is 5.73 Å². The first-order valence-corrected chi connectivity index (χ1v) is 9.74. The first-order valence-electron chi connectivity index (χ1n) is 8.28. The van der Waals surface area contributed by atoms with Crippen LogP contribution in [0.3, 0.4) is 0 Å². The van der Waals surface area contributed by atoms with Gasteiger partial charge in [-0.05, 0) is 52.4 Å². The molecule has 2 aromatic carbocycles. The van der Waals surface area contributed by atoms with Crippen molar-refractivity contribution in [2.45, 2.75) is 5.92 Å². The molecule has 0 amide bonds. The number of ether oxygens (including phenoxy) is 2. The molecule has 28 heavy (non-hydrogen) atoms. The van der Waals surface area contributed by atoms with Crippen LogP contribution in [-0.2, 0) is 0 Å². The molecular weight excluding hydrogens is 491 g/mol. The average Bonchev–Trinajstić information content (AvgIpc) is 3.10.